The van der Waals surface area contributed by atoms with Crippen molar-refractivity contribution in [1.82, 2.24) is 4.98 Å². The van der Waals surface area contributed by atoms with E-state index in [2.05, 4.69) is 10.3 Å². The number of nitrogens with two attached hydrogens (primary N) is 1. The molecular weight excluding hydrogens is 166 g/mol. The Morgan fingerprint density at radius 2 is 2.54 bits per heavy atom. The molecule has 1 unspecified atom stereocenters. The first kappa shape index (κ1) is 8.19. The van der Waals surface area contributed by atoms with Crippen LogP contribution in [0.3, 0.4) is 0 Å². The molecule has 0 saturated carbocycles. The lowest BCUT2D eigenvalue weighted by Gasteiger charge is -2.27. The summed E-state index contributed by atoms with van der Waals surface area (Å²) in [7, 11) is 0. The van der Waals surface area contributed by atoms with Crippen LogP contribution in [0.1, 0.15) is 5.56 Å². The molecule has 1 aromatic rings. The minimum Gasteiger partial charge on any atom is -0.359 e. The Morgan fingerprint density at radius 3 is 3.31 bits per heavy atom. The number of aromatic nitrogens is 1. The zero-order valence-electron chi connectivity index (χ0n) is 7.10. The van der Waals surface area contributed by atoms with Crippen molar-refractivity contribution in [1.29, 1.82) is 0 Å². The maximum Gasteiger partial charge on any atom is 0.143 e. The van der Waals surface area contributed by atoms with Gasteiger partial charge in [-0.15, -0.1) is 0 Å². The van der Waals surface area contributed by atoms with E-state index in [1.54, 1.807) is 6.20 Å². The lowest BCUT2D eigenvalue weighted by Crippen LogP contribution is -2.46. The fourth-order valence-corrected chi connectivity index (χ4v) is 1.51. The van der Waals surface area contributed by atoms with E-state index in [1.165, 1.54) is 0 Å². The van der Waals surface area contributed by atoms with Crippen LogP contribution in [-0.4, -0.2) is 23.4 Å². The number of pyridine rings is 1. The number of nitrogens with one attached hydrogen (secondary N) is 1. The molecule has 1 aliphatic rings. The summed E-state index contributed by atoms with van der Waals surface area (Å²) in [4.78, 5) is 14.7. The van der Waals surface area contributed by atoms with E-state index in [1.807, 2.05) is 12.1 Å². The molecule has 1 aromatic heterocycles. The second-order valence-corrected chi connectivity index (χ2v) is 3.19. The van der Waals surface area contributed by atoms with Crippen LogP contribution < -0.4 is 11.1 Å². The Balaban J connectivity index is 2.32. The second kappa shape index (κ2) is 3.14. The Kier molecular flexibility index (Phi) is 1.98. The van der Waals surface area contributed by atoms with Crippen LogP contribution >= 0.6 is 0 Å². The van der Waals surface area contributed by atoms with Gasteiger partial charge in [-0.3, -0.25) is 0 Å². The predicted octanol–water partition coefficient (Wildman–Crippen LogP) is -0.0556. The first-order valence-corrected chi connectivity index (χ1v) is 4.22. The fraction of sp³-hybridized carbons (Fsp3) is 0.333. The third-order valence-corrected chi connectivity index (χ3v) is 2.26. The van der Waals surface area contributed by atoms with Gasteiger partial charge >= 0.3 is 0 Å². The molecule has 0 aliphatic carbocycles. The van der Waals surface area contributed by atoms with Crippen LogP contribution in [0.2, 0.25) is 0 Å². The van der Waals surface area contributed by atoms with Crippen molar-refractivity contribution in [3.8, 4) is 0 Å². The summed E-state index contributed by atoms with van der Waals surface area (Å²) in [6, 6.07) is 3.39. The molecule has 2 rings (SSSR count). The molecule has 4 heteroatoms. The topological polar surface area (TPSA) is 68.0 Å². The zero-order valence-corrected chi connectivity index (χ0v) is 7.10. The van der Waals surface area contributed by atoms with Crippen molar-refractivity contribution in [2.75, 3.05) is 5.32 Å². The van der Waals surface area contributed by atoms with Gasteiger partial charge in [0.1, 0.15) is 12.1 Å². The van der Waals surface area contributed by atoms with Gasteiger partial charge in [-0.2, -0.15) is 0 Å². The van der Waals surface area contributed by atoms with Crippen LogP contribution in [0.25, 0.3) is 0 Å². The summed E-state index contributed by atoms with van der Waals surface area (Å²) in [6.45, 7) is 0. The van der Waals surface area contributed by atoms with Crippen LogP contribution in [-0.2, 0) is 11.2 Å². The van der Waals surface area contributed by atoms with Gasteiger partial charge in [-0.25, -0.2) is 4.98 Å². The molecule has 68 valence electrons. The van der Waals surface area contributed by atoms with Gasteiger partial charge in [0.25, 0.3) is 0 Å². The standard InChI is InChI=1S/C9H11N3O/c10-7-4-6-2-1-3-11-9(6)12-8(7)5-13/h1-3,5,7-8H,4,10H2,(H,11,12)/t7-,8?/m1/s1. The Hall–Kier alpha value is -1.42. The number of hydrogen-bond donors (Lipinski definition) is 2. The minimum atomic E-state index is -0.303. The molecule has 13 heavy (non-hydrogen) atoms. The van der Waals surface area contributed by atoms with Crippen LogP contribution in [0.4, 0.5) is 5.82 Å². The highest BCUT2D eigenvalue weighted by atomic mass is 16.1. The molecule has 2 heterocycles. The van der Waals surface area contributed by atoms with Crippen LogP contribution in [0.15, 0.2) is 18.3 Å². The summed E-state index contributed by atoms with van der Waals surface area (Å²) < 4.78 is 0. The predicted molar refractivity (Wildman–Crippen MR) is 49.4 cm³/mol. The highest BCUT2D eigenvalue weighted by Crippen LogP contribution is 2.20. The third-order valence-electron chi connectivity index (χ3n) is 2.26. The smallest absolute Gasteiger partial charge is 0.143 e. The number of hydrogen-bond acceptors (Lipinski definition) is 4. The van der Waals surface area contributed by atoms with Crippen molar-refractivity contribution in [2.24, 2.45) is 5.73 Å². The number of carbonyl (C=O) groups excluding carboxylic acids is 1. The second-order valence-electron chi connectivity index (χ2n) is 3.19. The Morgan fingerprint density at radius 1 is 1.69 bits per heavy atom. The van der Waals surface area contributed by atoms with Gasteiger partial charge in [0.2, 0.25) is 0 Å². The molecular formula is C9H11N3O. The molecule has 0 fully saturated rings. The molecule has 3 N–H and O–H groups in total. The summed E-state index contributed by atoms with van der Waals surface area (Å²) in [5.41, 5.74) is 6.86. The highest BCUT2D eigenvalue weighted by molar-refractivity contribution is 5.67. The number of anilines is 1. The molecule has 0 amide bonds. The van der Waals surface area contributed by atoms with E-state index >= 15 is 0 Å². The summed E-state index contributed by atoms with van der Waals surface area (Å²) in [5, 5.41) is 2.99. The first-order chi connectivity index (χ1) is 6.31. The van der Waals surface area contributed by atoms with Gasteiger partial charge in [-0.1, -0.05) is 6.07 Å². The molecule has 4 nitrogen and oxygen atoms in total. The fourth-order valence-electron chi connectivity index (χ4n) is 1.51. The third kappa shape index (κ3) is 1.40. The van der Waals surface area contributed by atoms with Crippen molar-refractivity contribution >= 4 is 12.1 Å². The van der Waals surface area contributed by atoms with Gasteiger partial charge < -0.3 is 15.8 Å². The number of fused-ring (bicyclic) bond motifs is 1. The van der Waals surface area contributed by atoms with Crippen molar-refractivity contribution in [2.45, 2.75) is 18.5 Å². The number of rotatable bonds is 1. The van der Waals surface area contributed by atoms with Crippen LogP contribution in [0, 0.1) is 0 Å². The summed E-state index contributed by atoms with van der Waals surface area (Å²) >= 11 is 0. The minimum absolute atomic E-state index is 0.144. The lowest BCUT2D eigenvalue weighted by atomic mass is 9.97. The number of aldehydes is 1. The lowest BCUT2D eigenvalue weighted by molar-refractivity contribution is -0.108. The Bertz CT molecular complexity index is 326. The SMILES string of the molecule is N[C@@H]1Cc2cccnc2NC1C=O. The van der Waals surface area contributed by atoms with Gasteiger partial charge in [0.05, 0.1) is 6.04 Å². The molecule has 1 aliphatic heterocycles. The summed E-state index contributed by atoms with van der Waals surface area (Å²) in [5.74, 6) is 0.779. The molecule has 0 spiro atoms. The molecule has 0 saturated heterocycles. The number of nitrogens with zero attached hydrogens (tertiary/aromatic N) is 1. The van der Waals surface area contributed by atoms with E-state index in [0.717, 1.165) is 17.7 Å². The maximum atomic E-state index is 10.6. The van der Waals surface area contributed by atoms with E-state index in [4.69, 9.17) is 5.73 Å². The molecule has 0 radical (unpaired) electrons. The highest BCUT2D eigenvalue weighted by Gasteiger charge is 2.24. The largest absolute Gasteiger partial charge is 0.359 e. The number of carbonyl (C=O) groups is 1. The van der Waals surface area contributed by atoms with Gasteiger partial charge in [0.15, 0.2) is 0 Å². The molecule has 0 aromatic carbocycles. The van der Waals surface area contributed by atoms with Crippen LogP contribution in [0.5, 0.6) is 0 Å². The summed E-state index contributed by atoms with van der Waals surface area (Å²) in [6.07, 6.45) is 3.24. The van der Waals surface area contributed by atoms with Crippen molar-refractivity contribution in [3.05, 3.63) is 23.9 Å². The van der Waals surface area contributed by atoms with E-state index < -0.39 is 0 Å². The van der Waals surface area contributed by atoms with Crippen molar-refractivity contribution < 1.29 is 4.79 Å². The van der Waals surface area contributed by atoms with E-state index in [0.29, 0.717) is 6.42 Å². The monoisotopic (exact) mass is 177 g/mol. The van der Waals surface area contributed by atoms with Gasteiger partial charge in [0, 0.05) is 12.2 Å². The molecule has 0 bridgehead atoms. The van der Waals surface area contributed by atoms with Gasteiger partial charge in [-0.05, 0) is 18.1 Å². The quantitative estimate of drug-likeness (QED) is 0.590. The first-order valence-electron chi connectivity index (χ1n) is 4.22. The normalized spacial score (nSPS) is 25.9. The Labute approximate surface area is 76.2 Å². The maximum absolute atomic E-state index is 10.6. The van der Waals surface area contributed by atoms with E-state index in [-0.39, 0.29) is 12.1 Å². The zero-order chi connectivity index (χ0) is 9.26. The molecule has 2 atom stereocenters. The average molecular weight is 177 g/mol. The van der Waals surface area contributed by atoms with Crippen molar-refractivity contribution in [3.63, 3.8) is 0 Å². The average Bonchev–Trinajstić information content (AvgIpc) is 2.17. The van der Waals surface area contributed by atoms with E-state index in [9.17, 15) is 4.79 Å².